The third-order valence-electron chi connectivity index (χ3n) is 4.05. The molecule has 3 rings (SSSR count). The minimum atomic E-state index is 0.650. The summed E-state index contributed by atoms with van der Waals surface area (Å²) in [6, 6.07) is 1.41. The van der Waals surface area contributed by atoms with Gasteiger partial charge in [0, 0.05) is 38.4 Å². The minimum absolute atomic E-state index is 0.650. The van der Waals surface area contributed by atoms with Gasteiger partial charge in [0.2, 0.25) is 0 Å². The molecule has 2 saturated heterocycles. The van der Waals surface area contributed by atoms with E-state index in [1.54, 1.807) is 4.68 Å². The molecule has 2 atom stereocenters. The van der Waals surface area contributed by atoms with Crippen LogP contribution in [0.4, 0.5) is 0 Å². The van der Waals surface area contributed by atoms with Gasteiger partial charge in [0.1, 0.15) is 0 Å². The average Bonchev–Trinajstić information content (AvgIpc) is 2.93. The van der Waals surface area contributed by atoms with E-state index in [-0.39, 0.29) is 0 Å². The van der Waals surface area contributed by atoms with E-state index in [0.717, 1.165) is 18.3 Å². The molecule has 1 aromatic heterocycles. The zero-order chi connectivity index (χ0) is 11.7. The molecule has 2 aliphatic heterocycles. The highest BCUT2D eigenvalue weighted by atomic mass is 15.4. The van der Waals surface area contributed by atoms with Crippen molar-refractivity contribution in [3.8, 4) is 0 Å². The number of fused-ring (bicyclic) bond motifs is 1. The van der Waals surface area contributed by atoms with Crippen molar-refractivity contribution < 1.29 is 0 Å². The lowest BCUT2D eigenvalue weighted by Gasteiger charge is -2.32. The van der Waals surface area contributed by atoms with Gasteiger partial charge in [-0.05, 0) is 25.8 Å². The van der Waals surface area contributed by atoms with E-state index in [1.807, 2.05) is 13.2 Å². The largest absolute Gasteiger partial charge is 0.307 e. The van der Waals surface area contributed by atoms with Crippen LogP contribution in [0, 0.1) is 0 Å². The number of hydrogen-bond acceptors (Lipinski definition) is 4. The summed E-state index contributed by atoms with van der Waals surface area (Å²) in [4.78, 5) is 2.65. The fourth-order valence-electron chi connectivity index (χ4n) is 3.20. The second-order valence-corrected chi connectivity index (χ2v) is 5.26. The topological polar surface area (TPSA) is 46.0 Å². The zero-order valence-corrected chi connectivity index (χ0v) is 10.5. The lowest BCUT2D eigenvalue weighted by Crippen LogP contribution is -2.44. The number of aromatic nitrogens is 3. The first kappa shape index (κ1) is 11.2. The summed E-state index contributed by atoms with van der Waals surface area (Å²) in [5.74, 6) is 0. The Kier molecular flexibility index (Phi) is 3.11. The Balaban J connectivity index is 1.55. The molecule has 94 valence electrons. The van der Waals surface area contributed by atoms with Gasteiger partial charge in [0.25, 0.3) is 0 Å². The van der Waals surface area contributed by atoms with Crippen LogP contribution >= 0.6 is 0 Å². The Morgan fingerprint density at radius 3 is 3.12 bits per heavy atom. The molecule has 17 heavy (non-hydrogen) atoms. The standard InChI is InChI=1S/C12H21N5/c1-16-9-10(14-15-16)8-13-11-5-7-17-6-3-2-4-12(11)17/h9,11-13H,2-8H2,1H3. The lowest BCUT2D eigenvalue weighted by molar-refractivity contribution is 0.180. The molecule has 2 fully saturated rings. The number of nitrogens with one attached hydrogen (secondary N) is 1. The van der Waals surface area contributed by atoms with E-state index in [2.05, 4.69) is 20.5 Å². The van der Waals surface area contributed by atoms with Crippen LogP contribution < -0.4 is 5.32 Å². The predicted octanol–water partition coefficient (Wildman–Crippen LogP) is 0.531. The molecule has 2 unspecified atom stereocenters. The summed E-state index contributed by atoms with van der Waals surface area (Å²) in [6.45, 7) is 3.42. The molecule has 0 aliphatic carbocycles. The maximum atomic E-state index is 4.12. The van der Waals surface area contributed by atoms with Crippen molar-refractivity contribution in [3.63, 3.8) is 0 Å². The summed E-state index contributed by atoms with van der Waals surface area (Å²) in [7, 11) is 1.91. The minimum Gasteiger partial charge on any atom is -0.307 e. The molecule has 0 bridgehead atoms. The summed E-state index contributed by atoms with van der Waals surface area (Å²) < 4.78 is 1.76. The van der Waals surface area contributed by atoms with Crippen LogP contribution in [-0.2, 0) is 13.6 Å². The van der Waals surface area contributed by atoms with Crippen LogP contribution in [0.5, 0.6) is 0 Å². The van der Waals surface area contributed by atoms with E-state index in [0.29, 0.717) is 6.04 Å². The molecule has 1 N–H and O–H groups in total. The first-order valence-electron chi connectivity index (χ1n) is 6.65. The van der Waals surface area contributed by atoms with Crippen molar-refractivity contribution in [2.45, 2.75) is 44.3 Å². The van der Waals surface area contributed by atoms with E-state index in [1.165, 1.54) is 38.8 Å². The fraction of sp³-hybridized carbons (Fsp3) is 0.833. The van der Waals surface area contributed by atoms with Crippen LogP contribution in [0.2, 0.25) is 0 Å². The molecule has 0 saturated carbocycles. The molecule has 5 heteroatoms. The highest BCUT2D eigenvalue weighted by Crippen LogP contribution is 2.27. The van der Waals surface area contributed by atoms with Crippen LogP contribution in [0.15, 0.2) is 6.20 Å². The summed E-state index contributed by atoms with van der Waals surface area (Å²) >= 11 is 0. The smallest absolute Gasteiger partial charge is 0.0964 e. The van der Waals surface area contributed by atoms with Crippen LogP contribution in [-0.4, -0.2) is 45.1 Å². The fourth-order valence-corrected chi connectivity index (χ4v) is 3.20. The van der Waals surface area contributed by atoms with Gasteiger partial charge in [-0.15, -0.1) is 5.10 Å². The van der Waals surface area contributed by atoms with Gasteiger partial charge in [-0.3, -0.25) is 9.58 Å². The normalized spacial score (nSPS) is 29.5. The van der Waals surface area contributed by atoms with E-state index in [9.17, 15) is 0 Å². The first-order chi connectivity index (χ1) is 8.33. The first-order valence-corrected chi connectivity index (χ1v) is 6.65. The number of nitrogens with zero attached hydrogens (tertiary/aromatic N) is 4. The van der Waals surface area contributed by atoms with Crippen LogP contribution in [0.1, 0.15) is 31.4 Å². The van der Waals surface area contributed by atoms with Gasteiger partial charge in [-0.2, -0.15) is 0 Å². The van der Waals surface area contributed by atoms with E-state index < -0.39 is 0 Å². The predicted molar refractivity (Wildman–Crippen MR) is 65.5 cm³/mol. The monoisotopic (exact) mass is 235 g/mol. The third kappa shape index (κ3) is 2.35. The Morgan fingerprint density at radius 1 is 1.35 bits per heavy atom. The Morgan fingerprint density at radius 2 is 2.29 bits per heavy atom. The highest BCUT2D eigenvalue weighted by Gasteiger charge is 2.34. The SMILES string of the molecule is Cn1cc(CNC2CCN3CCCCC23)nn1. The van der Waals surface area contributed by atoms with Gasteiger partial charge in [0.05, 0.1) is 5.69 Å². The van der Waals surface area contributed by atoms with Crippen molar-refractivity contribution in [1.29, 1.82) is 0 Å². The molecule has 1 aromatic rings. The number of rotatable bonds is 3. The zero-order valence-electron chi connectivity index (χ0n) is 10.5. The van der Waals surface area contributed by atoms with Crippen molar-refractivity contribution in [3.05, 3.63) is 11.9 Å². The molecular weight excluding hydrogens is 214 g/mol. The maximum absolute atomic E-state index is 4.12. The Hall–Kier alpha value is -0.940. The third-order valence-corrected chi connectivity index (χ3v) is 4.05. The van der Waals surface area contributed by atoms with Crippen molar-refractivity contribution in [1.82, 2.24) is 25.2 Å². The number of aryl methyl sites for hydroxylation is 1. The van der Waals surface area contributed by atoms with Gasteiger partial charge in [-0.1, -0.05) is 11.6 Å². The summed E-state index contributed by atoms with van der Waals surface area (Å²) in [5, 5.41) is 11.7. The molecular formula is C12H21N5. The summed E-state index contributed by atoms with van der Waals surface area (Å²) in [6.07, 6.45) is 7.40. The molecule has 0 spiro atoms. The van der Waals surface area contributed by atoms with Gasteiger partial charge in [-0.25, -0.2) is 0 Å². The maximum Gasteiger partial charge on any atom is 0.0964 e. The van der Waals surface area contributed by atoms with Gasteiger partial charge in [0.15, 0.2) is 0 Å². The molecule has 3 heterocycles. The second-order valence-electron chi connectivity index (χ2n) is 5.26. The summed E-state index contributed by atoms with van der Waals surface area (Å²) in [5.41, 5.74) is 1.04. The van der Waals surface area contributed by atoms with Crippen LogP contribution in [0.25, 0.3) is 0 Å². The van der Waals surface area contributed by atoms with Crippen molar-refractivity contribution in [2.75, 3.05) is 13.1 Å². The number of piperidine rings is 1. The van der Waals surface area contributed by atoms with Crippen LogP contribution in [0.3, 0.4) is 0 Å². The molecule has 0 radical (unpaired) electrons. The molecule has 0 aromatic carbocycles. The highest BCUT2D eigenvalue weighted by molar-refractivity contribution is 4.97. The molecule has 0 amide bonds. The molecule has 5 nitrogen and oxygen atoms in total. The van der Waals surface area contributed by atoms with E-state index >= 15 is 0 Å². The van der Waals surface area contributed by atoms with Crippen molar-refractivity contribution >= 4 is 0 Å². The van der Waals surface area contributed by atoms with E-state index in [4.69, 9.17) is 0 Å². The molecule has 2 aliphatic rings. The Bertz CT molecular complexity index is 375. The van der Waals surface area contributed by atoms with Crippen molar-refractivity contribution in [2.24, 2.45) is 7.05 Å². The second kappa shape index (κ2) is 4.74. The Labute approximate surface area is 102 Å². The van der Waals surface area contributed by atoms with Gasteiger partial charge >= 0.3 is 0 Å². The van der Waals surface area contributed by atoms with Gasteiger partial charge < -0.3 is 5.32 Å². The quantitative estimate of drug-likeness (QED) is 0.830. The average molecular weight is 235 g/mol. The number of hydrogen-bond donors (Lipinski definition) is 1. The lowest BCUT2D eigenvalue weighted by atomic mass is 9.99.